The molecule has 1 aliphatic rings. The van der Waals surface area contributed by atoms with Crippen LogP contribution in [-0.2, 0) is 12.8 Å². The maximum Gasteiger partial charge on any atom is 0.301 e. The van der Waals surface area contributed by atoms with Crippen LogP contribution in [0, 0.1) is 0 Å². The lowest BCUT2D eigenvalue weighted by atomic mass is 10.2. The van der Waals surface area contributed by atoms with Crippen molar-refractivity contribution < 1.29 is 13.6 Å². The molecule has 1 aromatic rings. The van der Waals surface area contributed by atoms with E-state index in [0.717, 1.165) is 29.7 Å². The van der Waals surface area contributed by atoms with Crippen molar-refractivity contribution in [2.24, 2.45) is 0 Å². The lowest BCUT2D eigenvalue weighted by Gasteiger charge is -1.93. The second-order valence-corrected chi connectivity index (χ2v) is 4.21. The lowest BCUT2D eigenvalue weighted by Crippen LogP contribution is -2.07. The average molecular weight is 202 g/mol. The van der Waals surface area contributed by atoms with Crippen LogP contribution in [0.15, 0.2) is 6.07 Å². The third-order valence-corrected chi connectivity index (χ3v) is 3.44. The largest absolute Gasteiger partial charge is 0.301 e. The molecule has 0 aromatic carbocycles. The number of carbonyl (C=O) groups is 1. The van der Waals surface area contributed by atoms with Gasteiger partial charge in [0.05, 0.1) is 4.88 Å². The predicted molar refractivity (Wildman–Crippen MR) is 46.7 cm³/mol. The summed E-state index contributed by atoms with van der Waals surface area (Å²) in [5.41, 5.74) is 1.09. The third kappa shape index (κ3) is 1.50. The van der Waals surface area contributed by atoms with Gasteiger partial charge in [0.15, 0.2) is 0 Å². The highest BCUT2D eigenvalue weighted by atomic mass is 32.1. The molecular formula is C9H8F2OS. The number of alkyl halides is 2. The molecule has 0 saturated heterocycles. The van der Waals surface area contributed by atoms with Gasteiger partial charge in [-0.15, -0.1) is 11.3 Å². The topological polar surface area (TPSA) is 17.1 Å². The minimum Gasteiger partial charge on any atom is -0.287 e. The highest BCUT2D eigenvalue weighted by Crippen LogP contribution is 2.31. The lowest BCUT2D eigenvalue weighted by molar-refractivity contribution is 0.0683. The zero-order valence-electron chi connectivity index (χ0n) is 6.85. The zero-order valence-corrected chi connectivity index (χ0v) is 7.66. The molecule has 1 aromatic heterocycles. The molecule has 0 aliphatic heterocycles. The molecule has 0 atom stereocenters. The maximum atomic E-state index is 12.0. The number of rotatable bonds is 2. The van der Waals surface area contributed by atoms with Gasteiger partial charge in [0.2, 0.25) is 5.78 Å². The summed E-state index contributed by atoms with van der Waals surface area (Å²) in [6.07, 6.45) is 0.0992. The van der Waals surface area contributed by atoms with E-state index in [1.54, 1.807) is 6.07 Å². The van der Waals surface area contributed by atoms with E-state index in [2.05, 4.69) is 0 Å². The van der Waals surface area contributed by atoms with Crippen molar-refractivity contribution in [2.75, 3.05) is 0 Å². The Kier molecular flexibility index (Phi) is 2.15. The summed E-state index contributed by atoms with van der Waals surface area (Å²) in [5, 5.41) is 0. The van der Waals surface area contributed by atoms with Crippen LogP contribution in [0.3, 0.4) is 0 Å². The number of aryl methyl sites for hydroxylation is 2. The van der Waals surface area contributed by atoms with Crippen molar-refractivity contribution in [2.45, 2.75) is 25.7 Å². The van der Waals surface area contributed by atoms with Crippen LogP contribution in [0.25, 0.3) is 0 Å². The van der Waals surface area contributed by atoms with E-state index in [1.807, 2.05) is 0 Å². The van der Waals surface area contributed by atoms with Gasteiger partial charge in [0.25, 0.3) is 0 Å². The number of halogens is 2. The molecule has 2 rings (SSSR count). The van der Waals surface area contributed by atoms with Gasteiger partial charge in [-0.2, -0.15) is 0 Å². The Morgan fingerprint density at radius 1 is 1.46 bits per heavy atom. The Morgan fingerprint density at radius 2 is 2.23 bits per heavy atom. The van der Waals surface area contributed by atoms with E-state index >= 15 is 0 Å². The summed E-state index contributed by atoms with van der Waals surface area (Å²) >= 11 is 1.23. The minimum absolute atomic E-state index is 0.222. The number of hydrogen-bond acceptors (Lipinski definition) is 2. The summed E-state index contributed by atoms with van der Waals surface area (Å²) in [4.78, 5) is 12.2. The Hall–Kier alpha value is -0.770. The first-order valence-electron chi connectivity index (χ1n) is 4.12. The first kappa shape index (κ1) is 8.81. The van der Waals surface area contributed by atoms with Crippen LogP contribution in [0.5, 0.6) is 0 Å². The monoisotopic (exact) mass is 202 g/mol. The predicted octanol–water partition coefficient (Wildman–Crippen LogP) is 2.68. The minimum atomic E-state index is -2.86. The molecule has 1 heterocycles. The zero-order chi connectivity index (χ0) is 9.42. The van der Waals surface area contributed by atoms with Crippen LogP contribution in [0.1, 0.15) is 26.5 Å². The summed E-state index contributed by atoms with van der Waals surface area (Å²) in [6.45, 7) is 0. The molecule has 1 nitrogen and oxygen atoms in total. The molecule has 0 amide bonds. The average Bonchev–Trinajstić information content (AvgIpc) is 2.59. The van der Waals surface area contributed by atoms with E-state index in [9.17, 15) is 13.6 Å². The molecule has 70 valence electrons. The van der Waals surface area contributed by atoms with Crippen LogP contribution in [0.4, 0.5) is 8.78 Å². The van der Waals surface area contributed by atoms with Gasteiger partial charge in [-0.3, -0.25) is 4.79 Å². The van der Waals surface area contributed by atoms with E-state index in [4.69, 9.17) is 0 Å². The molecule has 13 heavy (non-hydrogen) atoms. The number of thiophene rings is 1. The molecule has 4 heteroatoms. The number of fused-ring (bicyclic) bond motifs is 1. The van der Waals surface area contributed by atoms with Gasteiger partial charge >= 0.3 is 6.43 Å². The van der Waals surface area contributed by atoms with Crippen LogP contribution in [-0.4, -0.2) is 12.2 Å². The molecule has 0 saturated carbocycles. The molecule has 0 bridgehead atoms. The Labute approximate surface area is 78.4 Å². The number of hydrogen-bond donors (Lipinski definition) is 0. The number of carbonyl (C=O) groups excluding carboxylic acids is 1. The smallest absolute Gasteiger partial charge is 0.287 e. The third-order valence-electron chi connectivity index (χ3n) is 2.19. The van der Waals surface area contributed by atoms with Crippen molar-refractivity contribution in [3.05, 3.63) is 21.4 Å². The van der Waals surface area contributed by atoms with Crippen molar-refractivity contribution in [3.8, 4) is 0 Å². The molecule has 1 aliphatic carbocycles. The summed E-state index contributed by atoms with van der Waals surface area (Å²) < 4.78 is 24.1. The van der Waals surface area contributed by atoms with E-state index in [-0.39, 0.29) is 4.88 Å². The fourth-order valence-corrected chi connectivity index (χ4v) is 2.75. The molecule has 0 radical (unpaired) electrons. The first-order valence-corrected chi connectivity index (χ1v) is 4.94. The van der Waals surface area contributed by atoms with E-state index in [0.29, 0.717) is 0 Å². The van der Waals surface area contributed by atoms with E-state index in [1.165, 1.54) is 11.3 Å². The molecule has 0 unspecified atom stereocenters. The van der Waals surface area contributed by atoms with Gasteiger partial charge in [-0.25, -0.2) is 8.78 Å². The summed E-state index contributed by atoms with van der Waals surface area (Å²) in [7, 11) is 0. The SMILES string of the molecule is O=C(c1cc2c(s1)CCC2)C(F)F. The van der Waals surface area contributed by atoms with Crippen molar-refractivity contribution in [1.29, 1.82) is 0 Å². The standard InChI is InChI=1S/C9H8F2OS/c10-9(11)8(12)7-4-5-2-1-3-6(5)13-7/h4,9H,1-3H2. The normalized spacial score (nSPS) is 15.0. The van der Waals surface area contributed by atoms with Crippen LogP contribution < -0.4 is 0 Å². The summed E-state index contributed by atoms with van der Waals surface area (Å²) in [6, 6.07) is 1.63. The molecule has 0 fully saturated rings. The van der Waals surface area contributed by atoms with E-state index < -0.39 is 12.2 Å². The maximum absolute atomic E-state index is 12.0. The van der Waals surface area contributed by atoms with Crippen molar-refractivity contribution in [1.82, 2.24) is 0 Å². The molecule has 0 N–H and O–H groups in total. The second-order valence-electron chi connectivity index (χ2n) is 3.08. The van der Waals surface area contributed by atoms with Gasteiger partial charge < -0.3 is 0 Å². The highest BCUT2D eigenvalue weighted by molar-refractivity contribution is 7.14. The number of ketones is 1. The van der Waals surface area contributed by atoms with Crippen molar-refractivity contribution >= 4 is 17.1 Å². The van der Waals surface area contributed by atoms with Crippen LogP contribution >= 0.6 is 11.3 Å². The highest BCUT2D eigenvalue weighted by Gasteiger charge is 2.23. The first-order chi connectivity index (χ1) is 6.18. The quantitative estimate of drug-likeness (QED) is 0.674. The van der Waals surface area contributed by atoms with Gasteiger partial charge in [-0.05, 0) is 30.9 Å². The van der Waals surface area contributed by atoms with Crippen LogP contribution in [0.2, 0.25) is 0 Å². The Morgan fingerprint density at radius 3 is 2.85 bits per heavy atom. The molecular weight excluding hydrogens is 194 g/mol. The van der Waals surface area contributed by atoms with Gasteiger partial charge in [0.1, 0.15) is 0 Å². The fraction of sp³-hybridized carbons (Fsp3) is 0.444. The fourth-order valence-electron chi connectivity index (χ4n) is 1.56. The Bertz CT molecular complexity index is 322. The van der Waals surface area contributed by atoms with Gasteiger partial charge in [0, 0.05) is 4.88 Å². The Balaban J connectivity index is 2.28. The van der Waals surface area contributed by atoms with Gasteiger partial charge in [-0.1, -0.05) is 0 Å². The molecule has 0 spiro atoms. The number of Topliss-reactive ketones (excluding diaryl/α,β-unsaturated/α-hetero) is 1. The van der Waals surface area contributed by atoms with Crippen molar-refractivity contribution in [3.63, 3.8) is 0 Å². The summed E-state index contributed by atoms with van der Waals surface area (Å²) in [5.74, 6) is -1.03. The second kappa shape index (κ2) is 3.18.